The highest BCUT2D eigenvalue weighted by Crippen LogP contribution is 2.43. The van der Waals surface area contributed by atoms with Gasteiger partial charge in [0.1, 0.15) is 11.3 Å². The maximum absolute atomic E-state index is 11.0. The van der Waals surface area contributed by atoms with E-state index in [1.54, 1.807) is 0 Å². The number of hydrogen-bond donors (Lipinski definition) is 2. The fraction of sp³-hybridized carbons (Fsp3) is 0. The third-order valence-corrected chi connectivity index (χ3v) is 3.21. The Morgan fingerprint density at radius 3 is 2.14 bits per heavy atom. The van der Waals surface area contributed by atoms with E-state index in [2.05, 4.69) is 0 Å². The predicted octanol–water partition coefficient (Wildman–Crippen LogP) is 2.57. The van der Waals surface area contributed by atoms with Gasteiger partial charge in [-0.25, -0.2) is 0 Å². The lowest BCUT2D eigenvalue weighted by atomic mass is 10.1. The molecule has 9 nitrogen and oxygen atoms in total. The van der Waals surface area contributed by atoms with Crippen LogP contribution in [-0.2, 0) is 0 Å². The Kier molecular flexibility index (Phi) is 2.45. The van der Waals surface area contributed by atoms with Crippen LogP contribution in [0.5, 0.6) is 0 Å². The Balaban J connectivity index is 2.56. The van der Waals surface area contributed by atoms with Crippen LogP contribution in [-0.4, -0.2) is 9.85 Å². The number of nitrogens with zero attached hydrogens (tertiary/aromatic N) is 2. The molecule has 0 atom stereocenters. The van der Waals surface area contributed by atoms with Crippen molar-refractivity contribution in [3.8, 4) is 0 Å². The largest absolute Gasteiger partial charge is 0.449 e. The van der Waals surface area contributed by atoms with Crippen molar-refractivity contribution in [1.29, 1.82) is 0 Å². The molecule has 0 spiro atoms. The third kappa shape index (κ3) is 1.64. The fourth-order valence-electron chi connectivity index (χ4n) is 2.29. The first-order chi connectivity index (χ1) is 9.91. The van der Waals surface area contributed by atoms with Gasteiger partial charge in [0, 0.05) is 17.8 Å². The van der Waals surface area contributed by atoms with Gasteiger partial charge < -0.3 is 15.9 Å². The van der Waals surface area contributed by atoms with E-state index in [1.165, 1.54) is 24.3 Å². The van der Waals surface area contributed by atoms with Crippen molar-refractivity contribution in [2.75, 3.05) is 11.5 Å². The van der Waals surface area contributed by atoms with Gasteiger partial charge in [-0.2, -0.15) is 0 Å². The van der Waals surface area contributed by atoms with Crippen LogP contribution >= 0.6 is 0 Å². The highest BCUT2D eigenvalue weighted by Gasteiger charge is 2.25. The second kappa shape index (κ2) is 4.07. The van der Waals surface area contributed by atoms with Gasteiger partial charge >= 0.3 is 5.69 Å². The Morgan fingerprint density at radius 2 is 1.52 bits per heavy atom. The molecule has 0 radical (unpaired) electrons. The number of benzene rings is 2. The molecule has 106 valence electrons. The maximum atomic E-state index is 11.0. The number of non-ortho nitro benzene ring substituents is 1. The highest BCUT2D eigenvalue weighted by atomic mass is 16.6. The standard InChI is InChI=1S/C12H8N4O5/c13-5-1-2-7(16(19)20)12-9(5)10-8(21-12)4-3-6(11(10)14)15(17)18/h1-4H,13-14H2. The lowest BCUT2D eigenvalue weighted by Gasteiger charge is -2.00. The van der Waals surface area contributed by atoms with Crippen LogP contribution in [0.15, 0.2) is 28.7 Å². The van der Waals surface area contributed by atoms with E-state index in [-0.39, 0.29) is 44.7 Å². The predicted molar refractivity (Wildman–Crippen MR) is 75.9 cm³/mol. The molecule has 1 aromatic heterocycles. The molecule has 3 aromatic rings. The summed E-state index contributed by atoms with van der Waals surface area (Å²) in [7, 11) is 0. The van der Waals surface area contributed by atoms with Gasteiger partial charge in [-0.15, -0.1) is 0 Å². The van der Waals surface area contributed by atoms with Gasteiger partial charge in [0.2, 0.25) is 5.58 Å². The molecule has 21 heavy (non-hydrogen) atoms. The number of nitrogen functional groups attached to an aromatic ring is 2. The molecule has 0 fully saturated rings. The number of rotatable bonds is 2. The molecular weight excluding hydrogens is 280 g/mol. The van der Waals surface area contributed by atoms with Crippen LogP contribution in [0.4, 0.5) is 22.7 Å². The molecule has 9 heteroatoms. The molecule has 1 heterocycles. The van der Waals surface area contributed by atoms with Crippen LogP contribution in [0.3, 0.4) is 0 Å². The smallest absolute Gasteiger partial charge is 0.312 e. The fourth-order valence-corrected chi connectivity index (χ4v) is 2.29. The van der Waals surface area contributed by atoms with Gasteiger partial charge in [0.25, 0.3) is 5.69 Å². The maximum Gasteiger partial charge on any atom is 0.312 e. The van der Waals surface area contributed by atoms with Crippen LogP contribution in [0.2, 0.25) is 0 Å². The first kappa shape index (κ1) is 12.7. The average Bonchev–Trinajstić information content (AvgIpc) is 2.79. The van der Waals surface area contributed by atoms with Gasteiger partial charge in [0.15, 0.2) is 0 Å². The molecule has 0 unspecified atom stereocenters. The van der Waals surface area contributed by atoms with E-state index in [1.807, 2.05) is 0 Å². The van der Waals surface area contributed by atoms with E-state index >= 15 is 0 Å². The zero-order chi connectivity index (χ0) is 15.3. The molecule has 0 aliphatic carbocycles. The quantitative estimate of drug-likeness (QED) is 0.417. The van der Waals surface area contributed by atoms with Crippen LogP contribution in [0.1, 0.15) is 0 Å². The normalized spacial score (nSPS) is 11.0. The molecule has 3 rings (SSSR count). The summed E-state index contributed by atoms with van der Waals surface area (Å²) >= 11 is 0. The van der Waals surface area contributed by atoms with Crippen LogP contribution in [0.25, 0.3) is 21.9 Å². The van der Waals surface area contributed by atoms with E-state index in [0.29, 0.717) is 0 Å². The minimum absolute atomic E-state index is 0.0535. The summed E-state index contributed by atoms with van der Waals surface area (Å²) < 4.78 is 5.42. The molecular formula is C12H8N4O5. The van der Waals surface area contributed by atoms with E-state index < -0.39 is 9.85 Å². The van der Waals surface area contributed by atoms with Crippen molar-refractivity contribution in [1.82, 2.24) is 0 Å². The number of nitrogens with two attached hydrogens (primary N) is 2. The molecule has 0 amide bonds. The first-order valence-electron chi connectivity index (χ1n) is 5.73. The summed E-state index contributed by atoms with van der Waals surface area (Å²) in [5.41, 5.74) is 11.2. The minimum atomic E-state index is -0.638. The Hall–Kier alpha value is -3.36. The minimum Gasteiger partial charge on any atom is -0.449 e. The summed E-state index contributed by atoms with van der Waals surface area (Å²) in [6.07, 6.45) is 0. The molecule has 0 saturated carbocycles. The number of hydrogen-bond acceptors (Lipinski definition) is 7. The van der Waals surface area contributed by atoms with Gasteiger partial charge in [-0.3, -0.25) is 20.2 Å². The summed E-state index contributed by atoms with van der Waals surface area (Å²) in [5, 5.41) is 22.4. The van der Waals surface area contributed by atoms with E-state index in [0.717, 1.165) is 0 Å². The lowest BCUT2D eigenvalue weighted by Crippen LogP contribution is -1.96. The summed E-state index contributed by atoms with van der Waals surface area (Å²) in [4.78, 5) is 20.7. The Labute approximate surface area is 116 Å². The van der Waals surface area contributed by atoms with E-state index in [9.17, 15) is 20.2 Å². The highest BCUT2D eigenvalue weighted by molar-refractivity contribution is 6.19. The van der Waals surface area contributed by atoms with Crippen molar-refractivity contribution >= 4 is 44.7 Å². The summed E-state index contributed by atoms with van der Waals surface area (Å²) in [6.45, 7) is 0. The average molecular weight is 288 g/mol. The lowest BCUT2D eigenvalue weighted by molar-refractivity contribution is -0.383. The molecule has 0 bridgehead atoms. The number of anilines is 2. The van der Waals surface area contributed by atoms with Crippen molar-refractivity contribution in [3.63, 3.8) is 0 Å². The first-order valence-corrected chi connectivity index (χ1v) is 5.73. The van der Waals surface area contributed by atoms with Crippen LogP contribution in [0, 0.1) is 20.2 Å². The van der Waals surface area contributed by atoms with Crippen molar-refractivity contribution < 1.29 is 14.3 Å². The second-order valence-corrected chi connectivity index (χ2v) is 4.37. The van der Waals surface area contributed by atoms with Crippen molar-refractivity contribution in [2.24, 2.45) is 0 Å². The van der Waals surface area contributed by atoms with Crippen molar-refractivity contribution in [3.05, 3.63) is 44.5 Å². The van der Waals surface area contributed by atoms with Gasteiger partial charge in [0.05, 0.1) is 20.6 Å². The SMILES string of the molecule is Nc1c([N+](=O)[O-])ccc2oc3c([N+](=O)[O-])ccc(N)c3c12. The summed E-state index contributed by atoms with van der Waals surface area (Å²) in [5.74, 6) is 0. The molecule has 0 saturated heterocycles. The molecule has 2 aromatic carbocycles. The van der Waals surface area contributed by atoms with E-state index in [4.69, 9.17) is 15.9 Å². The number of nitro benzene ring substituents is 2. The zero-order valence-electron chi connectivity index (χ0n) is 10.4. The van der Waals surface area contributed by atoms with Crippen molar-refractivity contribution in [2.45, 2.75) is 0 Å². The number of fused-ring (bicyclic) bond motifs is 3. The topological polar surface area (TPSA) is 151 Å². The zero-order valence-corrected chi connectivity index (χ0v) is 10.4. The van der Waals surface area contributed by atoms with Gasteiger partial charge in [-0.1, -0.05) is 0 Å². The molecule has 0 aliphatic rings. The molecule has 0 aliphatic heterocycles. The number of furan rings is 1. The Morgan fingerprint density at radius 1 is 0.905 bits per heavy atom. The molecule has 4 N–H and O–H groups in total. The second-order valence-electron chi connectivity index (χ2n) is 4.37. The van der Waals surface area contributed by atoms with Crippen LogP contribution < -0.4 is 11.5 Å². The number of nitro groups is 2. The monoisotopic (exact) mass is 288 g/mol. The third-order valence-electron chi connectivity index (χ3n) is 3.21. The van der Waals surface area contributed by atoms with Gasteiger partial charge in [-0.05, 0) is 12.1 Å². The Bertz CT molecular complexity index is 930. The summed E-state index contributed by atoms with van der Waals surface area (Å²) in [6, 6.07) is 5.08.